The minimum absolute atomic E-state index is 0.0150. The van der Waals surface area contributed by atoms with Crippen LogP contribution in [0.25, 0.3) is 0 Å². The second kappa shape index (κ2) is 9.40. The van der Waals surface area contributed by atoms with Crippen LogP contribution in [0.2, 0.25) is 0 Å². The lowest BCUT2D eigenvalue weighted by Gasteiger charge is -2.05. The van der Waals surface area contributed by atoms with Gasteiger partial charge in [-0.05, 0) is 49.4 Å². The molecule has 28 heavy (non-hydrogen) atoms. The Hall–Kier alpha value is -2.82. The Morgan fingerprint density at radius 2 is 1.82 bits per heavy atom. The maximum Gasteiger partial charge on any atom is 0.346 e. The Labute approximate surface area is 166 Å². The van der Waals surface area contributed by atoms with E-state index in [1.54, 1.807) is 11.8 Å². The van der Waals surface area contributed by atoms with Gasteiger partial charge in [-0.15, -0.1) is 0 Å². The fraction of sp³-hybridized carbons (Fsp3) is 0.391. The molecule has 0 atom stereocenters. The number of benzene rings is 2. The molecule has 1 heterocycles. The summed E-state index contributed by atoms with van der Waals surface area (Å²) in [7, 11) is 1.68. The van der Waals surface area contributed by atoms with E-state index in [1.807, 2.05) is 16.7 Å². The summed E-state index contributed by atoms with van der Waals surface area (Å²) in [6, 6.07) is 16.4. The van der Waals surface area contributed by atoms with Crippen molar-refractivity contribution < 1.29 is 4.74 Å². The van der Waals surface area contributed by atoms with Gasteiger partial charge in [-0.1, -0.05) is 48.9 Å². The Kier molecular flexibility index (Phi) is 6.69. The van der Waals surface area contributed by atoms with E-state index in [2.05, 4.69) is 55.3 Å². The van der Waals surface area contributed by atoms with Crippen LogP contribution in [0.4, 0.5) is 0 Å². The van der Waals surface area contributed by atoms with Gasteiger partial charge in [-0.3, -0.25) is 4.57 Å². The van der Waals surface area contributed by atoms with Crippen LogP contribution in [-0.2, 0) is 25.9 Å². The van der Waals surface area contributed by atoms with Gasteiger partial charge >= 0.3 is 5.69 Å². The van der Waals surface area contributed by atoms with Crippen molar-refractivity contribution in [3.63, 3.8) is 0 Å². The zero-order valence-electron chi connectivity index (χ0n) is 17.0. The number of ether oxygens (including phenoxy) is 1. The fourth-order valence-electron chi connectivity index (χ4n) is 3.37. The molecule has 0 saturated heterocycles. The third kappa shape index (κ3) is 4.91. The first-order valence-corrected chi connectivity index (χ1v) is 9.95. The average Bonchev–Trinajstić information content (AvgIpc) is 2.99. The molecule has 0 N–H and O–H groups in total. The predicted octanol–water partition coefficient (Wildman–Crippen LogP) is 4.00. The quantitative estimate of drug-likeness (QED) is 0.565. The van der Waals surface area contributed by atoms with Crippen molar-refractivity contribution >= 4 is 0 Å². The summed E-state index contributed by atoms with van der Waals surface area (Å²) >= 11 is 0. The molecule has 0 aliphatic rings. The van der Waals surface area contributed by atoms with Crippen molar-refractivity contribution in [2.75, 3.05) is 7.11 Å². The summed E-state index contributed by atoms with van der Waals surface area (Å²) in [5.41, 5.74) is 3.53. The van der Waals surface area contributed by atoms with E-state index in [0.29, 0.717) is 13.1 Å². The summed E-state index contributed by atoms with van der Waals surface area (Å²) in [5.74, 6) is 1.75. The number of methoxy groups -OCH3 is 1. The van der Waals surface area contributed by atoms with Crippen LogP contribution in [0.15, 0.2) is 53.3 Å². The van der Waals surface area contributed by atoms with Crippen LogP contribution in [-0.4, -0.2) is 21.5 Å². The van der Waals surface area contributed by atoms with Crippen molar-refractivity contribution in [2.45, 2.75) is 52.6 Å². The number of rotatable bonds is 9. The molecule has 0 spiro atoms. The highest BCUT2D eigenvalue weighted by atomic mass is 16.5. The average molecular weight is 380 g/mol. The Bertz CT molecular complexity index is 955. The van der Waals surface area contributed by atoms with E-state index in [9.17, 15) is 4.79 Å². The van der Waals surface area contributed by atoms with Crippen LogP contribution < -0.4 is 10.4 Å². The molecule has 0 radical (unpaired) electrons. The van der Waals surface area contributed by atoms with Gasteiger partial charge in [0.15, 0.2) is 0 Å². The lowest BCUT2D eigenvalue weighted by molar-refractivity contribution is 0.414. The maximum atomic E-state index is 12.8. The first-order valence-electron chi connectivity index (χ1n) is 9.95. The Morgan fingerprint density at radius 1 is 1.04 bits per heavy atom. The third-order valence-corrected chi connectivity index (χ3v) is 4.90. The van der Waals surface area contributed by atoms with Gasteiger partial charge in [0, 0.05) is 13.0 Å². The van der Waals surface area contributed by atoms with Crippen LogP contribution in [0.1, 0.15) is 42.3 Å². The molecule has 5 heteroatoms. The minimum Gasteiger partial charge on any atom is -0.497 e. The number of nitrogens with zero attached hydrogens (tertiary/aromatic N) is 3. The minimum atomic E-state index is -0.0150. The second-order valence-corrected chi connectivity index (χ2v) is 7.20. The molecule has 148 valence electrons. The van der Waals surface area contributed by atoms with Crippen molar-refractivity contribution in [3.8, 4) is 5.75 Å². The summed E-state index contributed by atoms with van der Waals surface area (Å²) < 4.78 is 8.72. The van der Waals surface area contributed by atoms with Gasteiger partial charge in [-0.2, -0.15) is 5.10 Å². The molecular weight excluding hydrogens is 350 g/mol. The number of aromatic nitrogens is 3. The smallest absolute Gasteiger partial charge is 0.346 e. The van der Waals surface area contributed by atoms with Crippen LogP contribution in [0.5, 0.6) is 5.75 Å². The largest absolute Gasteiger partial charge is 0.497 e. The first-order chi connectivity index (χ1) is 13.6. The molecule has 0 fully saturated rings. The summed E-state index contributed by atoms with van der Waals surface area (Å²) in [6.07, 6.45) is 3.58. The molecule has 2 aromatic carbocycles. The van der Waals surface area contributed by atoms with Gasteiger partial charge < -0.3 is 4.74 Å². The third-order valence-electron chi connectivity index (χ3n) is 4.90. The molecule has 0 unspecified atom stereocenters. The highest BCUT2D eigenvalue weighted by molar-refractivity contribution is 5.28. The Morgan fingerprint density at radius 3 is 2.54 bits per heavy atom. The van der Waals surface area contributed by atoms with Gasteiger partial charge in [0.2, 0.25) is 0 Å². The zero-order valence-corrected chi connectivity index (χ0v) is 17.0. The van der Waals surface area contributed by atoms with Gasteiger partial charge in [-0.25, -0.2) is 9.48 Å². The van der Waals surface area contributed by atoms with Crippen LogP contribution in [0, 0.1) is 6.92 Å². The van der Waals surface area contributed by atoms with Crippen molar-refractivity contribution in [1.82, 2.24) is 14.3 Å². The predicted molar refractivity (Wildman–Crippen MR) is 112 cm³/mol. The molecule has 3 aromatic rings. The van der Waals surface area contributed by atoms with E-state index in [4.69, 9.17) is 4.74 Å². The summed E-state index contributed by atoms with van der Waals surface area (Å²) in [5, 5.41) is 4.65. The number of aryl methyl sites for hydroxylation is 3. The van der Waals surface area contributed by atoms with E-state index in [1.165, 1.54) is 11.1 Å². The molecule has 0 aliphatic carbocycles. The summed E-state index contributed by atoms with van der Waals surface area (Å²) in [6.45, 7) is 5.37. The molecule has 1 aromatic heterocycles. The Balaban J connectivity index is 1.72. The molecule has 0 bridgehead atoms. The van der Waals surface area contributed by atoms with Gasteiger partial charge in [0.05, 0.1) is 13.7 Å². The fourth-order valence-corrected chi connectivity index (χ4v) is 3.37. The lowest BCUT2D eigenvalue weighted by Crippen LogP contribution is -2.26. The maximum absolute atomic E-state index is 12.8. The van der Waals surface area contributed by atoms with Crippen molar-refractivity contribution in [1.29, 1.82) is 0 Å². The normalized spacial score (nSPS) is 11.0. The topological polar surface area (TPSA) is 49.0 Å². The van der Waals surface area contributed by atoms with Crippen molar-refractivity contribution in [3.05, 3.63) is 81.5 Å². The van der Waals surface area contributed by atoms with Gasteiger partial charge in [0.25, 0.3) is 0 Å². The SMILES string of the molecule is CCCn1c(CCCc2cccc(OC)c2)nn(Cc2ccc(C)cc2)c1=O. The van der Waals surface area contributed by atoms with Gasteiger partial charge in [0.1, 0.15) is 11.6 Å². The molecule has 5 nitrogen and oxygen atoms in total. The van der Waals surface area contributed by atoms with E-state index < -0.39 is 0 Å². The highest BCUT2D eigenvalue weighted by Crippen LogP contribution is 2.15. The van der Waals surface area contributed by atoms with Crippen LogP contribution in [0.3, 0.4) is 0 Å². The van der Waals surface area contributed by atoms with Crippen LogP contribution >= 0.6 is 0 Å². The lowest BCUT2D eigenvalue weighted by atomic mass is 10.1. The monoisotopic (exact) mass is 379 g/mol. The van der Waals surface area contributed by atoms with E-state index >= 15 is 0 Å². The number of hydrogen-bond acceptors (Lipinski definition) is 3. The van der Waals surface area contributed by atoms with Crippen molar-refractivity contribution in [2.24, 2.45) is 0 Å². The molecule has 0 saturated carbocycles. The first kappa shape index (κ1) is 19.9. The number of hydrogen-bond donors (Lipinski definition) is 0. The zero-order chi connectivity index (χ0) is 19.9. The molecule has 0 aliphatic heterocycles. The molecule has 0 amide bonds. The molecule has 3 rings (SSSR count). The standard InChI is InChI=1S/C23H29N3O2/c1-4-15-25-22(10-6-8-19-7-5-9-21(16-19)28-3)24-26(23(25)27)17-20-13-11-18(2)12-14-20/h5,7,9,11-14,16H,4,6,8,10,15,17H2,1-3H3. The van der Waals surface area contributed by atoms with E-state index in [-0.39, 0.29) is 5.69 Å². The van der Waals surface area contributed by atoms with E-state index in [0.717, 1.165) is 42.8 Å². The second-order valence-electron chi connectivity index (χ2n) is 7.20. The summed E-state index contributed by atoms with van der Waals surface area (Å²) in [4.78, 5) is 12.8. The molecular formula is C23H29N3O2. The highest BCUT2D eigenvalue weighted by Gasteiger charge is 2.13.